The van der Waals surface area contributed by atoms with Gasteiger partial charge in [0.1, 0.15) is 12.6 Å². The van der Waals surface area contributed by atoms with Crippen molar-refractivity contribution in [2.24, 2.45) is 0 Å². The molecule has 0 aromatic heterocycles. The molecule has 1 aliphatic carbocycles. The number of amides is 2. The van der Waals surface area contributed by atoms with Crippen molar-refractivity contribution in [3.63, 3.8) is 0 Å². The Kier molecular flexibility index (Phi) is 10.1. The van der Waals surface area contributed by atoms with Crippen LogP contribution in [0.3, 0.4) is 0 Å². The van der Waals surface area contributed by atoms with Gasteiger partial charge in [-0.05, 0) is 61.1 Å². The highest BCUT2D eigenvalue weighted by atomic mass is 35.5. The van der Waals surface area contributed by atoms with Crippen LogP contribution in [0.15, 0.2) is 72.8 Å². The monoisotopic (exact) mass is 595 g/mol. The number of hydrogen-bond acceptors (Lipinski definition) is 4. The van der Waals surface area contributed by atoms with Gasteiger partial charge < -0.3 is 10.2 Å². The Hall–Kier alpha value is -3.36. The maximum absolute atomic E-state index is 14.3. The zero-order valence-corrected chi connectivity index (χ0v) is 25.4. The minimum Gasteiger partial charge on any atom is -0.352 e. The van der Waals surface area contributed by atoms with Crippen molar-refractivity contribution in [3.05, 3.63) is 100 Å². The normalized spacial score (nSPS) is 14.4. The minimum absolute atomic E-state index is 0.0611. The van der Waals surface area contributed by atoms with Gasteiger partial charge in [0.2, 0.25) is 21.8 Å². The van der Waals surface area contributed by atoms with E-state index < -0.39 is 28.5 Å². The van der Waals surface area contributed by atoms with E-state index in [1.165, 1.54) is 4.90 Å². The summed E-state index contributed by atoms with van der Waals surface area (Å²) in [7, 11) is -3.83. The molecule has 0 bridgehead atoms. The maximum atomic E-state index is 14.3. The second-order valence-electron chi connectivity index (χ2n) is 10.9. The molecule has 0 aliphatic heterocycles. The molecule has 3 aromatic carbocycles. The zero-order valence-electron chi connectivity index (χ0n) is 23.8. The van der Waals surface area contributed by atoms with Gasteiger partial charge in [-0.25, -0.2) is 8.42 Å². The van der Waals surface area contributed by atoms with E-state index in [4.69, 9.17) is 11.6 Å². The molecule has 218 valence electrons. The largest absolute Gasteiger partial charge is 0.352 e. The van der Waals surface area contributed by atoms with Crippen molar-refractivity contribution in [2.45, 2.75) is 64.6 Å². The number of nitrogens with zero attached hydrogens (tertiary/aromatic N) is 2. The van der Waals surface area contributed by atoms with E-state index in [1.54, 1.807) is 18.2 Å². The Morgan fingerprint density at radius 3 is 2.15 bits per heavy atom. The Bertz CT molecular complexity index is 1450. The van der Waals surface area contributed by atoms with Crippen molar-refractivity contribution in [1.29, 1.82) is 0 Å². The van der Waals surface area contributed by atoms with Crippen molar-refractivity contribution in [3.8, 4) is 0 Å². The molecule has 1 atom stereocenters. The summed E-state index contributed by atoms with van der Waals surface area (Å²) in [5.41, 5.74) is 3.60. The lowest BCUT2D eigenvalue weighted by atomic mass is 10.0. The number of sulfonamides is 1. The van der Waals surface area contributed by atoms with E-state index in [2.05, 4.69) is 5.32 Å². The van der Waals surface area contributed by atoms with Crippen LogP contribution in [0.5, 0.6) is 0 Å². The molecule has 0 heterocycles. The summed E-state index contributed by atoms with van der Waals surface area (Å²) in [6.45, 7) is 3.30. The smallest absolute Gasteiger partial charge is 0.244 e. The highest BCUT2D eigenvalue weighted by Gasteiger charge is 2.34. The quantitative estimate of drug-likeness (QED) is 0.321. The lowest BCUT2D eigenvalue weighted by Gasteiger charge is -2.34. The molecule has 1 unspecified atom stereocenters. The number of rotatable bonds is 11. The van der Waals surface area contributed by atoms with Gasteiger partial charge in [0, 0.05) is 24.0 Å². The van der Waals surface area contributed by atoms with Crippen LogP contribution in [0.1, 0.15) is 47.9 Å². The van der Waals surface area contributed by atoms with E-state index in [0.29, 0.717) is 10.7 Å². The summed E-state index contributed by atoms with van der Waals surface area (Å²) in [4.78, 5) is 29.7. The SMILES string of the molecule is Cc1cccc(C)c1N(CC(=O)N(Cc1cccc(Cl)c1)C(Cc1ccccc1)C(=O)NC1CCCC1)S(C)(=O)=O. The first-order chi connectivity index (χ1) is 19.5. The highest BCUT2D eigenvalue weighted by Crippen LogP contribution is 2.28. The van der Waals surface area contributed by atoms with E-state index in [9.17, 15) is 18.0 Å². The molecule has 1 saturated carbocycles. The summed E-state index contributed by atoms with van der Waals surface area (Å²) in [5, 5.41) is 3.69. The number of anilines is 1. The number of nitrogens with one attached hydrogen (secondary N) is 1. The van der Waals surface area contributed by atoms with Gasteiger partial charge in [0.15, 0.2) is 0 Å². The van der Waals surface area contributed by atoms with Crippen LogP contribution in [0.4, 0.5) is 5.69 Å². The number of hydrogen-bond donors (Lipinski definition) is 1. The fourth-order valence-corrected chi connectivity index (χ4v) is 6.71. The Labute approximate surface area is 248 Å². The number of carbonyl (C=O) groups excluding carboxylic acids is 2. The highest BCUT2D eigenvalue weighted by molar-refractivity contribution is 7.92. The Morgan fingerprint density at radius 1 is 0.927 bits per heavy atom. The van der Waals surface area contributed by atoms with Crippen LogP contribution in [0.2, 0.25) is 5.02 Å². The number of para-hydroxylation sites is 1. The molecule has 4 rings (SSSR count). The lowest BCUT2D eigenvalue weighted by Crippen LogP contribution is -2.54. The fourth-order valence-electron chi connectivity index (χ4n) is 5.53. The fraction of sp³-hybridized carbons (Fsp3) is 0.375. The van der Waals surface area contributed by atoms with Gasteiger partial charge in [0.05, 0.1) is 11.9 Å². The molecular weight excluding hydrogens is 558 g/mol. The second-order valence-corrected chi connectivity index (χ2v) is 13.2. The van der Waals surface area contributed by atoms with E-state index in [-0.39, 0.29) is 24.9 Å². The standard InChI is InChI=1S/C32H38ClN3O4S/c1-23-11-9-12-24(2)31(23)36(41(3,39)40)22-30(37)35(21-26-15-10-16-27(33)19-26)29(20-25-13-5-4-6-14-25)32(38)34-28-17-7-8-18-28/h4-6,9-16,19,28-29H,7-8,17-18,20-22H2,1-3H3,(H,34,38). The number of halogens is 1. The third-order valence-electron chi connectivity index (χ3n) is 7.58. The van der Waals surface area contributed by atoms with Gasteiger partial charge in [-0.3, -0.25) is 13.9 Å². The predicted octanol–water partition coefficient (Wildman–Crippen LogP) is 5.42. The third-order valence-corrected chi connectivity index (χ3v) is 8.93. The van der Waals surface area contributed by atoms with E-state index in [0.717, 1.165) is 58.5 Å². The summed E-state index contributed by atoms with van der Waals surface area (Å²) in [5.74, 6) is -0.713. The van der Waals surface area contributed by atoms with Gasteiger partial charge in [0.25, 0.3) is 0 Å². The van der Waals surface area contributed by atoms with Gasteiger partial charge in [-0.2, -0.15) is 0 Å². The van der Waals surface area contributed by atoms with Crippen molar-refractivity contribution in [2.75, 3.05) is 17.1 Å². The Morgan fingerprint density at radius 2 is 1.54 bits per heavy atom. The maximum Gasteiger partial charge on any atom is 0.244 e. The first-order valence-corrected chi connectivity index (χ1v) is 16.2. The van der Waals surface area contributed by atoms with E-state index >= 15 is 0 Å². The molecule has 0 saturated heterocycles. The van der Waals surface area contributed by atoms with Crippen molar-refractivity contribution >= 4 is 39.1 Å². The first-order valence-electron chi connectivity index (χ1n) is 13.9. The molecule has 0 radical (unpaired) electrons. The van der Waals surface area contributed by atoms with Gasteiger partial charge in [-0.1, -0.05) is 85.1 Å². The van der Waals surface area contributed by atoms with Crippen molar-refractivity contribution < 1.29 is 18.0 Å². The number of benzene rings is 3. The molecule has 1 fully saturated rings. The van der Waals surface area contributed by atoms with Crippen LogP contribution < -0.4 is 9.62 Å². The van der Waals surface area contributed by atoms with Crippen LogP contribution in [0, 0.1) is 13.8 Å². The molecule has 1 aliphatic rings. The zero-order chi connectivity index (χ0) is 29.6. The first kappa shape index (κ1) is 30.6. The average molecular weight is 596 g/mol. The van der Waals surface area contributed by atoms with Crippen LogP contribution >= 0.6 is 11.6 Å². The Balaban J connectivity index is 1.75. The summed E-state index contributed by atoms with van der Waals surface area (Å²) < 4.78 is 27.3. The minimum atomic E-state index is -3.83. The molecule has 3 aromatic rings. The predicted molar refractivity (Wildman–Crippen MR) is 164 cm³/mol. The number of carbonyl (C=O) groups is 2. The molecule has 7 nitrogen and oxygen atoms in total. The van der Waals surface area contributed by atoms with E-state index in [1.807, 2.05) is 68.4 Å². The van der Waals surface area contributed by atoms with Gasteiger partial charge >= 0.3 is 0 Å². The number of aryl methyl sites for hydroxylation is 2. The lowest BCUT2D eigenvalue weighted by molar-refractivity contribution is -0.140. The summed E-state index contributed by atoms with van der Waals surface area (Å²) >= 11 is 6.28. The molecule has 2 amide bonds. The molecule has 9 heteroatoms. The summed E-state index contributed by atoms with van der Waals surface area (Å²) in [6.07, 6.45) is 5.30. The van der Waals surface area contributed by atoms with Gasteiger partial charge in [-0.15, -0.1) is 0 Å². The van der Waals surface area contributed by atoms with Crippen LogP contribution in [-0.2, 0) is 32.6 Å². The van der Waals surface area contributed by atoms with Crippen molar-refractivity contribution in [1.82, 2.24) is 10.2 Å². The molecule has 1 N–H and O–H groups in total. The third kappa shape index (κ3) is 8.11. The average Bonchev–Trinajstić information content (AvgIpc) is 3.43. The summed E-state index contributed by atoms with van der Waals surface area (Å²) in [6, 6.07) is 21.4. The second kappa shape index (κ2) is 13.5. The molecule has 41 heavy (non-hydrogen) atoms. The van der Waals surface area contributed by atoms with Crippen LogP contribution in [-0.4, -0.2) is 50.0 Å². The molecule has 0 spiro atoms. The van der Waals surface area contributed by atoms with Crippen LogP contribution in [0.25, 0.3) is 0 Å². The topological polar surface area (TPSA) is 86.8 Å². The molecular formula is C32H38ClN3O4S.